The third-order valence-corrected chi connectivity index (χ3v) is 6.13. The van der Waals surface area contributed by atoms with Crippen LogP contribution in [0.4, 0.5) is 0 Å². The minimum atomic E-state index is -2.94. The Bertz CT molecular complexity index is 473. The van der Waals surface area contributed by atoms with Crippen LogP contribution >= 0.6 is 0 Å². The molecule has 0 heterocycles. The fourth-order valence-electron chi connectivity index (χ4n) is 2.09. The molecule has 2 rings (SSSR count). The van der Waals surface area contributed by atoms with Gasteiger partial charge in [0.15, 0.2) is 9.84 Å². The van der Waals surface area contributed by atoms with Crippen molar-refractivity contribution in [2.45, 2.75) is 49.9 Å². The Morgan fingerprint density at radius 3 is 2.39 bits per heavy atom. The van der Waals surface area contributed by atoms with Crippen molar-refractivity contribution >= 4 is 9.84 Å². The van der Waals surface area contributed by atoms with Crippen LogP contribution in [0.25, 0.3) is 0 Å². The van der Waals surface area contributed by atoms with Crippen molar-refractivity contribution in [1.29, 1.82) is 0 Å². The average Bonchev–Trinajstić information content (AvgIpc) is 2.27. The summed E-state index contributed by atoms with van der Waals surface area (Å²) in [5.41, 5.74) is 1.13. The molecule has 0 bridgehead atoms. The monoisotopic (exact) mass is 268 g/mol. The van der Waals surface area contributed by atoms with Crippen LogP contribution in [0.3, 0.4) is 0 Å². The second kappa shape index (κ2) is 5.41. The zero-order chi connectivity index (χ0) is 13.2. The molecule has 0 amide bonds. The molecule has 1 saturated carbocycles. The zero-order valence-electron chi connectivity index (χ0n) is 10.9. The first-order chi connectivity index (χ1) is 8.50. The van der Waals surface area contributed by atoms with Crippen LogP contribution in [-0.2, 0) is 21.2 Å². The summed E-state index contributed by atoms with van der Waals surface area (Å²) in [6.45, 7) is 4.06. The molecule has 0 aliphatic heterocycles. The summed E-state index contributed by atoms with van der Waals surface area (Å²) in [6, 6.07) is 9.96. The van der Waals surface area contributed by atoms with E-state index in [1.807, 2.05) is 30.3 Å². The fourth-order valence-corrected chi connectivity index (χ4v) is 3.83. The van der Waals surface area contributed by atoms with Gasteiger partial charge >= 0.3 is 0 Å². The van der Waals surface area contributed by atoms with E-state index >= 15 is 0 Å². The normalized spacial score (nSPS) is 23.9. The SMILES string of the molecule is CC(C)S(=O)(=O)C1CC(OCc2ccccc2)C1. The number of hydrogen-bond acceptors (Lipinski definition) is 3. The van der Waals surface area contributed by atoms with Crippen molar-refractivity contribution in [3.8, 4) is 0 Å². The number of sulfone groups is 1. The predicted molar refractivity (Wildman–Crippen MR) is 72.1 cm³/mol. The molecule has 0 saturated heterocycles. The van der Waals surface area contributed by atoms with Crippen molar-refractivity contribution in [1.82, 2.24) is 0 Å². The Balaban J connectivity index is 1.77. The molecule has 100 valence electrons. The van der Waals surface area contributed by atoms with Gasteiger partial charge in [-0.15, -0.1) is 0 Å². The molecule has 1 aliphatic rings. The molecule has 0 unspecified atom stereocenters. The predicted octanol–water partition coefficient (Wildman–Crippen LogP) is 2.56. The third kappa shape index (κ3) is 2.93. The molecule has 0 aromatic heterocycles. The van der Waals surface area contributed by atoms with Gasteiger partial charge in [-0.2, -0.15) is 0 Å². The van der Waals surface area contributed by atoms with E-state index in [0.29, 0.717) is 19.4 Å². The second-order valence-corrected chi connectivity index (χ2v) is 7.94. The Labute approximate surface area is 109 Å². The highest BCUT2D eigenvalue weighted by Gasteiger charge is 2.40. The van der Waals surface area contributed by atoms with E-state index in [0.717, 1.165) is 5.56 Å². The molecule has 0 radical (unpaired) electrons. The van der Waals surface area contributed by atoms with Crippen LogP contribution in [-0.4, -0.2) is 25.0 Å². The summed E-state index contributed by atoms with van der Waals surface area (Å²) in [4.78, 5) is 0. The third-order valence-electron chi connectivity index (χ3n) is 3.50. The highest BCUT2D eigenvalue weighted by atomic mass is 32.2. The molecule has 0 atom stereocenters. The van der Waals surface area contributed by atoms with Crippen molar-refractivity contribution in [2.75, 3.05) is 0 Å². The smallest absolute Gasteiger partial charge is 0.155 e. The van der Waals surface area contributed by atoms with Crippen molar-refractivity contribution in [2.24, 2.45) is 0 Å². The standard InChI is InChI=1S/C14H20O3S/c1-11(2)18(15,16)14-8-13(9-14)17-10-12-6-4-3-5-7-12/h3-7,11,13-14H,8-10H2,1-2H3. The molecule has 18 heavy (non-hydrogen) atoms. The Hall–Kier alpha value is -0.870. The van der Waals surface area contributed by atoms with Crippen LogP contribution in [0, 0.1) is 0 Å². The van der Waals surface area contributed by atoms with Gasteiger partial charge in [-0.05, 0) is 32.3 Å². The molecule has 1 aromatic carbocycles. The number of hydrogen-bond donors (Lipinski definition) is 0. The lowest BCUT2D eigenvalue weighted by atomic mass is 9.95. The van der Waals surface area contributed by atoms with E-state index in [2.05, 4.69) is 0 Å². The van der Waals surface area contributed by atoms with Crippen molar-refractivity contribution in [3.05, 3.63) is 35.9 Å². The van der Waals surface area contributed by atoms with E-state index in [-0.39, 0.29) is 16.6 Å². The maximum atomic E-state index is 11.9. The van der Waals surface area contributed by atoms with E-state index < -0.39 is 9.84 Å². The Morgan fingerprint density at radius 1 is 1.22 bits per heavy atom. The maximum absolute atomic E-state index is 11.9. The van der Waals surface area contributed by atoms with Crippen molar-refractivity contribution < 1.29 is 13.2 Å². The van der Waals surface area contributed by atoms with Crippen LogP contribution in [0.2, 0.25) is 0 Å². The topological polar surface area (TPSA) is 43.4 Å². The van der Waals surface area contributed by atoms with Gasteiger partial charge in [-0.3, -0.25) is 0 Å². The van der Waals surface area contributed by atoms with E-state index in [4.69, 9.17) is 4.74 Å². The lowest BCUT2D eigenvalue weighted by molar-refractivity contribution is -0.00660. The van der Waals surface area contributed by atoms with Gasteiger partial charge in [-0.25, -0.2) is 8.42 Å². The summed E-state index contributed by atoms with van der Waals surface area (Å²) in [5, 5.41) is -0.476. The zero-order valence-corrected chi connectivity index (χ0v) is 11.7. The van der Waals surface area contributed by atoms with Crippen molar-refractivity contribution in [3.63, 3.8) is 0 Å². The molecule has 0 spiro atoms. The van der Waals surface area contributed by atoms with Gasteiger partial charge in [0, 0.05) is 0 Å². The van der Waals surface area contributed by atoms with Crippen LogP contribution in [0.15, 0.2) is 30.3 Å². The summed E-state index contributed by atoms with van der Waals surface area (Å²) in [6.07, 6.45) is 1.39. The summed E-state index contributed by atoms with van der Waals surface area (Å²) >= 11 is 0. The molecule has 0 N–H and O–H groups in total. The van der Waals surface area contributed by atoms with Gasteiger partial charge in [0.05, 0.1) is 23.2 Å². The van der Waals surface area contributed by atoms with Gasteiger partial charge in [-0.1, -0.05) is 30.3 Å². The van der Waals surface area contributed by atoms with E-state index in [1.54, 1.807) is 13.8 Å². The largest absolute Gasteiger partial charge is 0.373 e. The highest BCUT2D eigenvalue weighted by molar-refractivity contribution is 7.92. The number of benzene rings is 1. The molecule has 1 aromatic rings. The molecule has 1 fully saturated rings. The molecule has 1 aliphatic carbocycles. The molecular formula is C14H20O3S. The summed E-state index contributed by atoms with van der Waals surface area (Å²) < 4.78 is 29.5. The number of ether oxygens (including phenoxy) is 1. The molecule has 4 heteroatoms. The quantitative estimate of drug-likeness (QED) is 0.824. The second-order valence-electron chi connectivity index (χ2n) is 5.15. The van der Waals surface area contributed by atoms with Gasteiger partial charge < -0.3 is 4.74 Å². The minimum Gasteiger partial charge on any atom is -0.373 e. The average molecular weight is 268 g/mol. The lowest BCUT2D eigenvalue weighted by Gasteiger charge is -2.35. The van der Waals surface area contributed by atoms with Gasteiger partial charge in [0.25, 0.3) is 0 Å². The van der Waals surface area contributed by atoms with E-state index in [1.165, 1.54) is 0 Å². The first kappa shape index (κ1) is 13.6. The van der Waals surface area contributed by atoms with Gasteiger partial charge in [0.1, 0.15) is 0 Å². The number of rotatable bonds is 5. The van der Waals surface area contributed by atoms with Crippen LogP contribution in [0.5, 0.6) is 0 Å². The maximum Gasteiger partial charge on any atom is 0.155 e. The lowest BCUT2D eigenvalue weighted by Crippen LogP contribution is -2.43. The Morgan fingerprint density at radius 2 is 1.83 bits per heavy atom. The van der Waals surface area contributed by atoms with E-state index in [9.17, 15) is 8.42 Å². The van der Waals surface area contributed by atoms with Crippen LogP contribution < -0.4 is 0 Å². The molecular weight excluding hydrogens is 248 g/mol. The summed E-state index contributed by atoms with van der Waals surface area (Å²) in [5.74, 6) is 0. The summed E-state index contributed by atoms with van der Waals surface area (Å²) in [7, 11) is -2.94. The highest BCUT2D eigenvalue weighted by Crippen LogP contribution is 2.32. The fraction of sp³-hybridized carbons (Fsp3) is 0.571. The molecule has 3 nitrogen and oxygen atoms in total. The van der Waals surface area contributed by atoms with Gasteiger partial charge in [0.2, 0.25) is 0 Å². The Kier molecular flexibility index (Phi) is 4.07. The first-order valence-electron chi connectivity index (χ1n) is 6.38. The van der Waals surface area contributed by atoms with Crippen LogP contribution in [0.1, 0.15) is 32.3 Å². The minimum absolute atomic E-state index is 0.101. The first-order valence-corrected chi connectivity index (χ1v) is 7.99.